The molecule has 0 fully saturated rings. The number of hydrogen-bond acceptors (Lipinski definition) is 3. The molecule has 0 aliphatic heterocycles. The molecule has 0 saturated heterocycles. The Balaban J connectivity index is 0.000000197. The first-order valence-corrected chi connectivity index (χ1v) is 23.9. The van der Waals surface area contributed by atoms with Crippen molar-refractivity contribution in [2.75, 3.05) is 0 Å². The number of benzene rings is 5. The van der Waals surface area contributed by atoms with Crippen LogP contribution in [0.1, 0.15) is 54.4 Å². The molecule has 2 nitrogen and oxygen atoms in total. The minimum absolute atomic E-state index is 0. The fourth-order valence-corrected chi connectivity index (χ4v) is 9.95. The van der Waals surface area contributed by atoms with Crippen molar-refractivity contribution in [2.24, 2.45) is 11.8 Å². The van der Waals surface area contributed by atoms with Crippen molar-refractivity contribution in [3.63, 3.8) is 0 Å². The normalized spacial score (nSPS) is 13.3. The SMILES string of the molecule is [2H]C(C)(C)Cc1cc(-c2[c-]cc(-c3ccccc3)cc2)ncc1[Si](C)(C)C.[2H]C(C)(c1ccnc(-c2[c-]ccc3c2sc2cc(-c4ccccc4)ccc23)c1)C(C)C.[Ir]. The summed E-state index contributed by atoms with van der Waals surface area (Å²) in [5, 5.41) is 3.85. The van der Waals surface area contributed by atoms with E-state index in [1.807, 2.05) is 63.5 Å². The molecule has 1 unspecified atom stereocenters. The van der Waals surface area contributed by atoms with Crippen LogP contribution in [0.2, 0.25) is 19.6 Å². The second kappa shape index (κ2) is 18.4. The second-order valence-electron chi connectivity index (χ2n) is 16.3. The zero-order chi connectivity index (χ0) is 41.2. The largest absolute Gasteiger partial charge is 0.305 e. The van der Waals surface area contributed by atoms with Gasteiger partial charge in [-0.25, -0.2) is 0 Å². The van der Waals surface area contributed by atoms with Crippen LogP contribution in [-0.2, 0) is 26.5 Å². The van der Waals surface area contributed by atoms with Gasteiger partial charge in [0.05, 0.1) is 8.07 Å². The van der Waals surface area contributed by atoms with E-state index in [4.69, 9.17) is 7.73 Å². The van der Waals surface area contributed by atoms with Crippen LogP contribution in [0.5, 0.6) is 0 Å². The van der Waals surface area contributed by atoms with Gasteiger partial charge in [0.1, 0.15) is 0 Å². The first-order chi connectivity index (χ1) is 27.6. The molecule has 0 saturated carbocycles. The number of fused-ring (bicyclic) bond motifs is 3. The van der Waals surface area contributed by atoms with Crippen LogP contribution in [0.15, 0.2) is 140 Å². The van der Waals surface area contributed by atoms with Crippen molar-refractivity contribution in [2.45, 2.75) is 66.6 Å². The molecule has 57 heavy (non-hydrogen) atoms. The van der Waals surface area contributed by atoms with Crippen LogP contribution >= 0.6 is 11.3 Å². The van der Waals surface area contributed by atoms with Crippen LogP contribution < -0.4 is 5.19 Å². The molecular weight excluding hydrogens is 905 g/mol. The summed E-state index contributed by atoms with van der Waals surface area (Å²) in [5.74, 6) is -0.937. The van der Waals surface area contributed by atoms with Gasteiger partial charge >= 0.3 is 0 Å². The van der Waals surface area contributed by atoms with Crippen molar-refractivity contribution in [1.29, 1.82) is 0 Å². The molecule has 1 radical (unpaired) electrons. The first-order valence-electron chi connectivity index (χ1n) is 20.5. The third kappa shape index (κ3) is 9.79. The molecule has 8 rings (SSSR count). The van der Waals surface area contributed by atoms with E-state index in [1.165, 1.54) is 47.6 Å². The Bertz CT molecular complexity index is 2660. The van der Waals surface area contributed by atoms with E-state index in [9.17, 15) is 0 Å². The van der Waals surface area contributed by atoms with E-state index < -0.39 is 19.9 Å². The van der Waals surface area contributed by atoms with Crippen LogP contribution in [0.3, 0.4) is 0 Å². The molecule has 8 aromatic rings. The van der Waals surface area contributed by atoms with Gasteiger partial charge in [0.2, 0.25) is 0 Å². The molecule has 3 heterocycles. The molecule has 291 valence electrons. The zero-order valence-electron chi connectivity index (χ0n) is 36.2. The summed E-state index contributed by atoms with van der Waals surface area (Å²) in [6.07, 6.45) is 4.61. The molecular formula is C52H52IrN2SSi-2. The van der Waals surface area contributed by atoms with E-state index in [0.717, 1.165) is 40.1 Å². The Morgan fingerprint density at radius 1 is 0.684 bits per heavy atom. The molecule has 0 spiro atoms. The topological polar surface area (TPSA) is 25.8 Å². The molecule has 0 amide bonds. The number of aromatic nitrogens is 2. The fraction of sp³-hybridized carbons (Fsp3) is 0.231. The maximum absolute atomic E-state index is 8.80. The van der Waals surface area contributed by atoms with E-state index in [0.29, 0.717) is 0 Å². The monoisotopic (exact) mass is 959 g/mol. The van der Waals surface area contributed by atoms with E-state index in [-0.39, 0.29) is 26.0 Å². The molecule has 5 aromatic carbocycles. The number of hydrogen-bond donors (Lipinski definition) is 0. The van der Waals surface area contributed by atoms with Crippen molar-refractivity contribution in [3.05, 3.63) is 163 Å². The Morgan fingerprint density at radius 2 is 1.37 bits per heavy atom. The molecule has 0 N–H and O–H groups in total. The Hall–Kier alpha value is -4.51. The zero-order valence-corrected chi connectivity index (χ0v) is 38.4. The molecule has 0 bridgehead atoms. The van der Waals surface area contributed by atoms with Gasteiger partial charge in [-0.05, 0) is 74.0 Å². The summed E-state index contributed by atoms with van der Waals surface area (Å²) in [5.41, 5.74) is 10.9. The van der Waals surface area contributed by atoms with Gasteiger partial charge < -0.3 is 9.97 Å². The van der Waals surface area contributed by atoms with Crippen LogP contribution in [-0.4, -0.2) is 18.0 Å². The summed E-state index contributed by atoms with van der Waals surface area (Å²) in [4.78, 5) is 9.41. The standard InChI is InChI=1S/C28H24NS.C24H28NSi.Ir/c1-18(2)19(3)21-14-15-29-26(16-21)25-11-7-10-24-23-13-12-22(17-27(23)30-28(24)25)20-8-5-4-6-9-20;1-18(2)15-22-16-23(25-17-24(22)26(3,4)5)21-13-11-20(12-14-21)19-9-7-6-8-10-19;/h4-10,12-19H,1-3H3;6-13,16-18H,15H2,1-5H3;/q2*-1;/i19D;18D;. The summed E-state index contributed by atoms with van der Waals surface area (Å²) >= 11 is 1.79. The number of nitrogens with zero attached hydrogens (tertiary/aromatic N) is 2. The van der Waals surface area contributed by atoms with Crippen molar-refractivity contribution >= 4 is 44.8 Å². The van der Waals surface area contributed by atoms with Crippen LogP contribution in [0.4, 0.5) is 0 Å². The van der Waals surface area contributed by atoms with Crippen molar-refractivity contribution in [1.82, 2.24) is 9.97 Å². The summed E-state index contributed by atoms with van der Waals surface area (Å²) in [6, 6.07) is 51.0. The Labute approximate surface area is 361 Å². The maximum atomic E-state index is 8.80. The van der Waals surface area contributed by atoms with Gasteiger partial charge in [0, 0.05) is 39.9 Å². The van der Waals surface area contributed by atoms with Crippen molar-refractivity contribution < 1.29 is 22.8 Å². The van der Waals surface area contributed by atoms with Gasteiger partial charge in [-0.1, -0.05) is 167 Å². The van der Waals surface area contributed by atoms with E-state index >= 15 is 0 Å². The second-order valence-corrected chi connectivity index (χ2v) is 22.4. The first kappa shape index (κ1) is 39.3. The summed E-state index contributed by atoms with van der Waals surface area (Å²) < 4.78 is 19.6. The maximum Gasteiger partial charge on any atom is 0.0798 e. The molecule has 3 aromatic heterocycles. The van der Waals surface area contributed by atoms with Gasteiger partial charge in [-0.2, -0.15) is 11.3 Å². The fourth-order valence-electron chi connectivity index (χ4n) is 7.13. The predicted molar refractivity (Wildman–Crippen MR) is 246 cm³/mol. The Kier molecular flexibility index (Phi) is 12.7. The molecule has 0 aliphatic rings. The van der Waals surface area contributed by atoms with Gasteiger partial charge in [-0.3, -0.25) is 0 Å². The third-order valence-corrected chi connectivity index (χ3v) is 13.7. The summed E-state index contributed by atoms with van der Waals surface area (Å²) in [6.45, 7) is 17.1. The Morgan fingerprint density at radius 3 is 2.00 bits per heavy atom. The smallest absolute Gasteiger partial charge is 0.0798 e. The van der Waals surface area contributed by atoms with Gasteiger partial charge in [0.25, 0.3) is 0 Å². The quantitative estimate of drug-likeness (QED) is 0.106. The third-order valence-electron chi connectivity index (χ3n) is 10.4. The molecule has 0 aliphatic carbocycles. The number of pyridine rings is 2. The summed E-state index contributed by atoms with van der Waals surface area (Å²) in [7, 11) is -1.51. The molecule has 5 heteroatoms. The predicted octanol–water partition coefficient (Wildman–Crippen LogP) is 14.3. The minimum Gasteiger partial charge on any atom is -0.305 e. The van der Waals surface area contributed by atoms with Gasteiger partial charge in [-0.15, -0.1) is 53.6 Å². The minimum atomic E-state index is -1.51. The van der Waals surface area contributed by atoms with E-state index in [2.05, 4.69) is 148 Å². The van der Waals surface area contributed by atoms with Gasteiger partial charge in [0.15, 0.2) is 0 Å². The average Bonchev–Trinajstić information content (AvgIpc) is 3.59. The number of rotatable bonds is 9. The van der Waals surface area contributed by atoms with Crippen LogP contribution in [0, 0.1) is 23.9 Å². The number of thiophene rings is 1. The van der Waals surface area contributed by atoms with E-state index in [1.54, 1.807) is 11.3 Å². The van der Waals surface area contributed by atoms with Crippen LogP contribution in [0.25, 0.3) is 64.9 Å². The average molecular weight is 959 g/mol. The molecule has 1 atom stereocenters. The van der Waals surface area contributed by atoms with Crippen molar-refractivity contribution in [3.8, 4) is 44.8 Å².